The molecule has 0 bridgehead atoms. The Balaban J connectivity index is 2.39. The molecular weight excluding hydrogens is 263 g/mol. The van der Waals surface area contributed by atoms with Crippen molar-refractivity contribution < 1.29 is 14.1 Å². The number of anilines is 1. The van der Waals surface area contributed by atoms with E-state index in [9.17, 15) is 19.3 Å². The maximum atomic E-state index is 13.4. The van der Waals surface area contributed by atoms with Gasteiger partial charge in [-0.25, -0.2) is 4.39 Å². The lowest BCUT2D eigenvalue weighted by Gasteiger charge is -2.27. The highest BCUT2D eigenvalue weighted by atomic mass is 35.5. The van der Waals surface area contributed by atoms with Crippen LogP contribution in [0.25, 0.3) is 0 Å². The molecule has 2 rings (SSSR count). The van der Waals surface area contributed by atoms with E-state index >= 15 is 0 Å². The van der Waals surface area contributed by atoms with Crippen LogP contribution in [-0.4, -0.2) is 23.8 Å². The highest BCUT2D eigenvalue weighted by Gasteiger charge is 2.25. The highest BCUT2D eigenvalue weighted by Crippen LogP contribution is 2.34. The summed E-state index contributed by atoms with van der Waals surface area (Å²) in [5.74, 6) is -0.586. The van der Waals surface area contributed by atoms with E-state index in [1.807, 2.05) is 0 Å². The second kappa shape index (κ2) is 4.89. The summed E-state index contributed by atoms with van der Waals surface area (Å²) in [6, 6.07) is 2.05. The van der Waals surface area contributed by atoms with Crippen LogP contribution in [0.1, 0.15) is 12.8 Å². The number of halogens is 2. The van der Waals surface area contributed by atoms with Crippen LogP contribution in [0.2, 0.25) is 5.02 Å². The van der Waals surface area contributed by atoms with Crippen LogP contribution in [-0.2, 0) is 4.79 Å². The fourth-order valence-corrected chi connectivity index (χ4v) is 2.08. The Morgan fingerprint density at radius 1 is 1.33 bits per heavy atom. The average Bonchev–Trinajstić information content (AvgIpc) is 2.33. The predicted octanol–water partition coefficient (Wildman–Crippen LogP) is 2.56. The molecule has 18 heavy (non-hydrogen) atoms. The lowest BCUT2D eigenvalue weighted by molar-refractivity contribution is -0.384. The van der Waals surface area contributed by atoms with E-state index < -0.39 is 10.7 Å². The molecule has 0 spiro atoms. The first-order valence-corrected chi connectivity index (χ1v) is 5.77. The standard InChI is InChI=1S/C11H10ClFN2O3/c12-8-5-11(15(17)18)10(6-9(8)13)14-3-1-7(16)2-4-14/h5-6H,1-4H2. The number of rotatable bonds is 2. The first-order chi connectivity index (χ1) is 8.49. The number of nitro benzene ring substituents is 1. The molecule has 1 aliphatic heterocycles. The Morgan fingerprint density at radius 2 is 1.94 bits per heavy atom. The Hall–Kier alpha value is -1.69. The van der Waals surface area contributed by atoms with Crippen LogP contribution in [0.5, 0.6) is 0 Å². The Labute approximate surface area is 107 Å². The van der Waals surface area contributed by atoms with Crippen LogP contribution in [0.15, 0.2) is 12.1 Å². The van der Waals surface area contributed by atoms with Crippen molar-refractivity contribution >= 4 is 28.8 Å². The van der Waals surface area contributed by atoms with Crippen molar-refractivity contribution in [3.8, 4) is 0 Å². The van der Waals surface area contributed by atoms with Gasteiger partial charge in [0.05, 0.1) is 9.95 Å². The maximum absolute atomic E-state index is 13.4. The number of hydrogen-bond acceptors (Lipinski definition) is 4. The molecule has 0 radical (unpaired) electrons. The third-order valence-corrected chi connectivity index (χ3v) is 3.17. The molecule has 1 saturated heterocycles. The van der Waals surface area contributed by atoms with Gasteiger partial charge in [-0.15, -0.1) is 0 Å². The van der Waals surface area contributed by atoms with E-state index in [1.54, 1.807) is 4.90 Å². The molecular formula is C11H10ClFN2O3. The Bertz CT molecular complexity index is 511. The zero-order valence-electron chi connectivity index (χ0n) is 9.36. The van der Waals surface area contributed by atoms with Gasteiger partial charge in [0.1, 0.15) is 17.3 Å². The second-order valence-electron chi connectivity index (χ2n) is 4.04. The van der Waals surface area contributed by atoms with Gasteiger partial charge >= 0.3 is 0 Å². The number of nitrogens with zero attached hydrogens (tertiary/aromatic N) is 2. The smallest absolute Gasteiger partial charge is 0.294 e. The molecule has 0 aliphatic carbocycles. The first-order valence-electron chi connectivity index (χ1n) is 5.39. The van der Waals surface area contributed by atoms with Crippen molar-refractivity contribution in [2.24, 2.45) is 0 Å². The van der Waals surface area contributed by atoms with E-state index in [0.29, 0.717) is 25.9 Å². The van der Waals surface area contributed by atoms with Crippen molar-refractivity contribution in [1.29, 1.82) is 0 Å². The van der Waals surface area contributed by atoms with Gasteiger partial charge in [-0.1, -0.05) is 11.6 Å². The molecule has 96 valence electrons. The number of hydrogen-bond donors (Lipinski definition) is 0. The van der Waals surface area contributed by atoms with Crippen molar-refractivity contribution in [3.05, 3.63) is 33.1 Å². The number of piperidine rings is 1. The van der Waals surface area contributed by atoms with Crippen LogP contribution in [0, 0.1) is 15.9 Å². The van der Waals surface area contributed by atoms with E-state index in [-0.39, 0.29) is 22.2 Å². The van der Waals surface area contributed by atoms with Crippen LogP contribution < -0.4 is 4.90 Å². The van der Waals surface area contributed by atoms with E-state index in [0.717, 1.165) is 12.1 Å². The third-order valence-electron chi connectivity index (χ3n) is 2.88. The van der Waals surface area contributed by atoms with Crippen molar-refractivity contribution in [3.63, 3.8) is 0 Å². The summed E-state index contributed by atoms with van der Waals surface area (Å²) < 4.78 is 13.4. The Morgan fingerprint density at radius 3 is 2.50 bits per heavy atom. The summed E-state index contributed by atoms with van der Waals surface area (Å²) in [6.07, 6.45) is 0.642. The molecule has 0 atom stereocenters. The van der Waals surface area contributed by atoms with Gasteiger partial charge in [-0.3, -0.25) is 14.9 Å². The molecule has 0 unspecified atom stereocenters. The molecule has 1 aliphatic rings. The molecule has 1 fully saturated rings. The van der Waals surface area contributed by atoms with Crippen LogP contribution >= 0.6 is 11.6 Å². The lowest BCUT2D eigenvalue weighted by atomic mass is 10.1. The zero-order chi connectivity index (χ0) is 13.3. The second-order valence-corrected chi connectivity index (χ2v) is 4.45. The van der Waals surface area contributed by atoms with Crippen molar-refractivity contribution in [2.45, 2.75) is 12.8 Å². The number of benzene rings is 1. The van der Waals surface area contributed by atoms with E-state index in [2.05, 4.69) is 0 Å². The number of carbonyl (C=O) groups excluding carboxylic acids is 1. The normalized spacial score (nSPS) is 15.9. The summed E-state index contributed by atoms with van der Waals surface area (Å²) in [5, 5.41) is 10.6. The van der Waals surface area contributed by atoms with Gasteiger partial charge in [0.25, 0.3) is 5.69 Å². The molecule has 1 heterocycles. The first kappa shape index (κ1) is 12.8. The number of nitro groups is 1. The monoisotopic (exact) mass is 272 g/mol. The minimum absolute atomic E-state index is 0.114. The molecule has 0 amide bonds. The molecule has 1 aromatic carbocycles. The van der Waals surface area contributed by atoms with Gasteiger partial charge in [-0.05, 0) is 0 Å². The summed E-state index contributed by atoms with van der Waals surface area (Å²) in [6.45, 7) is 0.724. The highest BCUT2D eigenvalue weighted by molar-refractivity contribution is 6.31. The zero-order valence-corrected chi connectivity index (χ0v) is 10.1. The van der Waals surface area contributed by atoms with Gasteiger partial charge in [0.15, 0.2) is 0 Å². The number of carbonyl (C=O) groups is 1. The van der Waals surface area contributed by atoms with Gasteiger partial charge in [0.2, 0.25) is 0 Å². The van der Waals surface area contributed by atoms with Gasteiger partial charge in [-0.2, -0.15) is 0 Å². The Kier molecular flexibility index (Phi) is 3.47. The van der Waals surface area contributed by atoms with Crippen LogP contribution in [0.4, 0.5) is 15.8 Å². The molecule has 1 aromatic rings. The van der Waals surface area contributed by atoms with Gasteiger partial charge in [0, 0.05) is 38.1 Å². The molecule has 0 aromatic heterocycles. The van der Waals surface area contributed by atoms with E-state index in [1.165, 1.54) is 0 Å². The van der Waals surface area contributed by atoms with Gasteiger partial charge < -0.3 is 4.90 Å². The molecule has 5 nitrogen and oxygen atoms in total. The topological polar surface area (TPSA) is 63.5 Å². The summed E-state index contributed by atoms with van der Waals surface area (Å²) >= 11 is 5.54. The molecule has 0 N–H and O–H groups in total. The van der Waals surface area contributed by atoms with Crippen molar-refractivity contribution in [2.75, 3.05) is 18.0 Å². The fraction of sp³-hybridized carbons (Fsp3) is 0.364. The van der Waals surface area contributed by atoms with Crippen LogP contribution in [0.3, 0.4) is 0 Å². The third kappa shape index (κ3) is 2.43. The fourth-order valence-electron chi connectivity index (χ4n) is 1.92. The summed E-state index contributed by atoms with van der Waals surface area (Å²) in [5.41, 5.74) is -0.0647. The summed E-state index contributed by atoms with van der Waals surface area (Å²) in [4.78, 5) is 23.1. The lowest BCUT2D eigenvalue weighted by Crippen LogP contribution is -2.34. The van der Waals surface area contributed by atoms with Crippen molar-refractivity contribution in [1.82, 2.24) is 0 Å². The maximum Gasteiger partial charge on any atom is 0.294 e. The SMILES string of the molecule is O=C1CCN(c2cc(F)c(Cl)cc2[N+](=O)[O-])CC1. The predicted molar refractivity (Wildman–Crippen MR) is 64.5 cm³/mol. The minimum atomic E-state index is -0.700. The van der Waals surface area contributed by atoms with E-state index in [4.69, 9.17) is 11.6 Å². The molecule has 7 heteroatoms. The minimum Gasteiger partial charge on any atom is -0.365 e. The number of ketones is 1. The average molecular weight is 273 g/mol. The largest absolute Gasteiger partial charge is 0.365 e. The molecule has 0 saturated carbocycles. The summed E-state index contributed by atoms with van der Waals surface area (Å²) in [7, 11) is 0. The quantitative estimate of drug-likeness (QED) is 0.613. The number of Topliss-reactive ketones (excluding diaryl/α,β-unsaturated/α-hetero) is 1.